The van der Waals surface area contributed by atoms with Gasteiger partial charge in [0.2, 0.25) is 10.0 Å². The summed E-state index contributed by atoms with van der Waals surface area (Å²) in [5.74, 6) is 2.04. The lowest BCUT2D eigenvalue weighted by Crippen LogP contribution is -2.47. The Morgan fingerprint density at radius 2 is 1.71 bits per heavy atom. The molecule has 1 aliphatic carbocycles. The molecule has 6 nitrogen and oxygen atoms in total. The highest BCUT2D eigenvalue weighted by Gasteiger charge is 2.26. The number of nitrogens with zero attached hydrogens (tertiary/aromatic N) is 2. The van der Waals surface area contributed by atoms with Gasteiger partial charge in [0.1, 0.15) is 0 Å². The molecule has 0 bridgehead atoms. The number of piperidine rings is 1. The van der Waals surface area contributed by atoms with Crippen LogP contribution in [-0.2, 0) is 10.0 Å². The molecular formula is C21H34N4O2S. The lowest BCUT2D eigenvalue weighted by Gasteiger charge is -2.32. The van der Waals surface area contributed by atoms with Crippen LogP contribution in [-0.4, -0.2) is 57.7 Å². The van der Waals surface area contributed by atoms with Crippen LogP contribution in [0, 0.1) is 5.92 Å². The molecule has 1 heterocycles. The van der Waals surface area contributed by atoms with Crippen molar-refractivity contribution in [2.45, 2.75) is 50.5 Å². The minimum Gasteiger partial charge on any atom is -0.356 e. The predicted octanol–water partition coefficient (Wildman–Crippen LogP) is 2.55. The molecule has 2 fully saturated rings. The van der Waals surface area contributed by atoms with E-state index >= 15 is 0 Å². The van der Waals surface area contributed by atoms with Crippen LogP contribution in [0.25, 0.3) is 0 Å². The van der Waals surface area contributed by atoms with E-state index in [1.54, 1.807) is 4.31 Å². The number of hydrogen-bond donors (Lipinski definition) is 2. The van der Waals surface area contributed by atoms with E-state index in [1.165, 1.54) is 24.7 Å². The smallest absolute Gasteiger partial charge is 0.211 e. The zero-order valence-corrected chi connectivity index (χ0v) is 17.9. The minimum absolute atomic E-state index is 0.471. The van der Waals surface area contributed by atoms with Gasteiger partial charge in [-0.25, -0.2) is 12.7 Å². The molecule has 1 saturated carbocycles. The maximum Gasteiger partial charge on any atom is 0.211 e. The Kier molecular flexibility index (Phi) is 7.35. The Balaban J connectivity index is 1.39. The summed E-state index contributed by atoms with van der Waals surface area (Å²) in [4.78, 5) is 4.39. The molecule has 0 aromatic heterocycles. The summed E-state index contributed by atoms with van der Waals surface area (Å²) in [5.41, 5.74) is 1.46. The van der Waals surface area contributed by atoms with Gasteiger partial charge in [-0.2, -0.15) is 0 Å². The third-order valence-corrected chi connectivity index (χ3v) is 7.47. The Morgan fingerprint density at radius 3 is 2.29 bits per heavy atom. The number of aliphatic imine (C=N–C) groups is 1. The van der Waals surface area contributed by atoms with Crippen molar-refractivity contribution in [3.8, 4) is 0 Å². The maximum atomic E-state index is 11.6. The summed E-state index contributed by atoms with van der Waals surface area (Å²) >= 11 is 0. The van der Waals surface area contributed by atoms with Crippen molar-refractivity contribution in [3.05, 3.63) is 35.9 Å². The molecule has 28 heavy (non-hydrogen) atoms. The van der Waals surface area contributed by atoms with Gasteiger partial charge in [0, 0.05) is 32.7 Å². The monoisotopic (exact) mass is 406 g/mol. The highest BCUT2D eigenvalue weighted by atomic mass is 32.2. The SMILES string of the molecule is CN=C(NCC1CCN(S(C)(=O)=O)CC1)NC1CCC(c2ccccc2)CC1. The van der Waals surface area contributed by atoms with Crippen LogP contribution < -0.4 is 10.6 Å². The van der Waals surface area contributed by atoms with E-state index in [4.69, 9.17) is 0 Å². The lowest BCUT2D eigenvalue weighted by molar-refractivity contribution is 0.274. The van der Waals surface area contributed by atoms with Gasteiger partial charge >= 0.3 is 0 Å². The van der Waals surface area contributed by atoms with Crippen molar-refractivity contribution in [2.24, 2.45) is 10.9 Å². The molecule has 0 amide bonds. The van der Waals surface area contributed by atoms with E-state index < -0.39 is 10.0 Å². The first kappa shape index (κ1) is 21.1. The lowest BCUT2D eigenvalue weighted by atomic mass is 9.82. The molecule has 7 heteroatoms. The van der Waals surface area contributed by atoms with Crippen LogP contribution in [0.4, 0.5) is 0 Å². The Bertz CT molecular complexity index is 735. The number of benzene rings is 1. The fraction of sp³-hybridized carbons (Fsp3) is 0.667. The van der Waals surface area contributed by atoms with Gasteiger partial charge in [0.25, 0.3) is 0 Å². The minimum atomic E-state index is -3.05. The first-order valence-electron chi connectivity index (χ1n) is 10.4. The van der Waals surface area contributed by atoms with Crippen LogP contribution in [0.5, 0.6) is 0 Å². The quantitative estimate of drug-likeness (QED) is 0.582. The summed E-state index contributed by atoms with van der Waals surface area (Å²) in [7, 11) is -1.24. The van der Waals surface area contributed by atoms with Gasteiger partial charge in [-0.1, -0.05) is 30.3 Å². The van der Waals surface area contributed by atoms with Crippen molar-refractivity contribution in [1.29, 1.82) is 0 Å². The second-order valence-corrected chi connectivity index (χ2v) is 10.1. The fourth-order valence-electron chi connectivity index (χ4n) is 4.37. The van der Waals surface area contributed by atoms with Crippen LogP contribution in [0.3, 0.4) is 0 Å². The van der Waals surface area contributed by atoms with E-state index in [-0.39, 0.29) is 0 Å². The third-order valence-electron chi connectivity index (χ3n) is 6.16. The number of guanidine groups is 1. The first-order valence-corrected chi connectivity index (χ1v) is 12.3. The second-order valence-electron chi connectivity index (χ2n) is 8.16. The van der Waals surface area contributed by atoms with Crippen LogP contribution >= 0.6 is 0 Å². The van der Waals surface area contributed by atoms with Gasteiger partial charge in [-0.15, -0.1) is 0 Å². The highest BCUT2D eigenvalue weighted by Crippen LogP contribution is 2.32. The molecule has 0 atom stereocenters. The molecule has 0 unspecified atom stereocenters. The van der Waals surface area contributed by atoms with Gasteiger partial charge in [-0.05, 0) is 55.9 Å². The maximum absolute atomic E-state index is 11.6. The van der Waals surface area contributed by atoms with E-state index in [1.807, 2.05) is 7.05 Å². The van der Waals surface area contributed by atoms with E-state index in [0.29, 0.717) is 31.0 Å². The number of rotatable bonds is 5. The zero-order chi connectivity index (χ0) is 20.0. The first-order chi connectivity index (χ1) is 13.5. The van der Waals surface area contributed by atoms with Gasteiger partial charge in [0.05, 0.1) is 6.26 Å². The predicted molar refractivity (Wildman–Crippen MR) is 115 cm³/mol. The summed E-state index contributed by atoms with van der Waals surface area (Å²) in [5, 5.41) is 7.04. The molecule has 0 spiro atoms. The highest BCUT2D eigenvalue weighted by molar-refractivity contribution is 7.88. The molecule has 2 N–H and O–H groups in total. The van der Waals surface area contributed by atoms with Crippen LogP contribution in [0.2, 0.25) is 0 Å². The Labute approximate surface area is 169 Å². The standard InChI is InChI=1S/C21H34N4O2S/c1-22-21(23-16-17-12-14-25(15-13-17)28(2,26)27)24-20-10-8-19(9-11-20)18-6-4-3-5-7-18/h3-7,17,19-20H,8-16H2,1-2H3,(H2,22,23,24). The normalized spacial score (nSPS) is 25.4. The topological polar surface area (TPSA) is 73.8 Å². The fourth-order valence-corrected chi connectivity index (χ4v) is 5.24. The largest absolute Gasteiger partial charge is 0.356 e. The van der Waals surface area contributed by atoms with Gasteiger partial charge in [-0.3, -0.25) is 4.99 Å². The molecule has 0 radical (unpaired) electrons. The molecule has 156 valence electrons. The third kappa shape index (κ3) is 5.95. The average Bonchev–Trinajstić information content (AvgIpc) is 2.72. The number of hydrogen-bond acceptors (Lipinski definition) is 3. The summed E-state index contributed by atoms with van der Waals surface area (Å²) in [6.45, 7) is 2.10. The molecule has 1 aliphatic heterocycles. The van der Waals surface area contributed by atoms with Crippen LogP contribution in [0.15, 0.2) is 35.3 Å². The summed E-state index contributed by atoms with van der Waals surface area (Å²) < 4.78 is 24.8. The summed E-state index contributed by atoms with van der Waals surface area (Å²) in [6, 6.07) is 11.3. The van der Waals surface area contributed by atoms with Crippen molar-refractivity contribution in [1.82, 2.24) is 14.9 Å². The number of sulfonamides is 1. The second kappa shape index (κ2) is 9.74. The van der Waals surface area contributed by atoms with E-state index in [0.717, 1.165) is 38.2 Å². The van der Waals surface area contributed by atoms with Gasteiger partial charge < -0.3 is 10.6 Å². The molecule has 1 saturated heterocycles. The number of nitrogens with one attached hydrogen (secondary N) is 2. The molecule has 3 rings (SSSR count). The molecular weight excluding hydrogens is 372 g/mol. The van der Waals surface area contributed by atoms with E-state index in [9.17, 15) is 8.42 Å². The Morgan fingerprint density at radius 1 is 1.07 bits per heavy atom. The van der Waals surface area contributed by atoms with Crippen LogP contribution in [0.1, 0.15) is 50.0 Å². The average molecular weight is 407 g/mol. The van der Waals surface area contributed by atoms with Crippen molar-refractivity contribution < 1.29 is 8.42 Å². The van der Waals surface area contributed by atoms with Crippen molar-refractivity contribution in [3.63, 3.8) is 0 Å². The Hall–Kier alpha value is -1.60. The van der Waals surface area contributed by atoms with Gasteiger partial charge in [0.15, 0.2) is 5.96 Å². The zero-order valence-electron chi connectivity index (χ0n) is 17.1. The molecule has 1 aromatic rings. The molecule has 2 aliphatic rings. The summed E-state index contributed by atoms with van der Waals surface area (Å²) in [6.07, 6.45) is 7.84. The molecule has 1 aromatic carbocycles. The van der Waals surface area contributed by atoms with Crippen molar-refractivity contribution in [2.75, 3.05) is 32.9 Å². The van der Waals surface area contributed by atoms with E-state index in [2.05, 4.69) is 46.0 Å². The van der Waals surface area contributed by atoms with Crippen molar-refractivity contribution >= 4 is 16.0 Å².